The Labute approximate surface area is 92.1 Å². The van der Waals surface area contributed by atoms with Crippen LogP contribution in [0.4, 0.5) is 0 Å². The molecule has 0 saturated carbocycles. The Balaban J connectivity index is 1.82. The molecule has 2 rings (SSSR count). The fourth-order valence-corrected chi connectivity index (χ4v) is 1.73. The van der Waals surface area contributed by atoms with Gasteiger partial charge in [-0.3, -0.25) is 0 Å². The second-order valence-electron chi connectivity index (χ2n) is 2.94. The van der Waals surface area contributed by atoms with Gasteiger partial charge in [-0.2, -0.15) is 0 Å². The topological polar surface area (TPSA) is 35.5 Å². The molecule has 1 unspecified atom stereocenters. The Bertz CT molecular complexity index is 353. The maximum absolute atomic E-state index is 11.5. The van der Waals surface area contributed by atoms with E-state index in [1.165, 1.54) is 11.8 Å². The fourth-order valence-electron chi connectivity index (χ4n) is 1.15. The van der Waals surface area contributed by atoms with Crippen molar-refractivity contribution in [2.45, 2.75) is 5.44 Å². The van der Waals surface area contributed by atoms with Crippen LogP contribution in [0.3, 0.4) is 0 Å². The molecule has 0 fully saturated rings. The van der Waals surface area contributed by atoms with Gasteiger partial charge >= 0.3 is 5.97 Å². The highest BCUT2D eigenvalue weighted by Gasteiger charge is 2.15. The predicted octanol–water partition coefficient (Wildman–Crippen LogP) is 2.40. The van der Waals surface area contributed by atoms with Crippen LogP contribution in [0, 0.1) is 0 Å². The summed E-state index contributed by atoms with van der Waals surface area (Å²) in [5, 5.41) is 1.83. The van der Waals surface area contributed by atoms with E-state index in [2.05, 4.69) is 0 Å². The average molecular weight is 222 g/mol. The first kappa shape index (κ1) is 10.1. The average Bonchev–Trinajstić information content (AvgIpc) is 2.80. The lowest BCUT2D eigenvalue weighted by molar-refractivity contribution is 0.0386. The molecule has 0 aliphatic carbocycles. The third-order valence-electron chi connectivity index (χ3n) is 1.88. The summed E-state index contributed by atoms with van der Waals surface area (Å²) in [6.07, 6.45) is 1.60. The first-order valence-corrected chi connectivity index (χ1v) is 5.48. The van der Waals surface area contributed by atoms with Gasteiger partial charge in [0.05, 0.1) is 11.8 Å². The lowest BCUT2D eigenvalue weighted by Crippen LogP contribution is -2.15. The van der Waals surface area contributed by atoms with Crippen molar-refractivity contribution < 1.29 is 14.3 Å². The van der Waals surface area contributed by atoms with Crippen molar-refractivity contribution in [1.29, 1.82) is 0 Å². The van der Waals surface area contributed by atoms with Gasteiger partial charge < -0.3 is 9.47 Å². The molecule has 4 heteroatoms. The Kier molecular flexibility index (Phi) is 3.29. The summed E-state index contributed by atoms with van der Waals surface area (Å²) in [5.41, 5.74) is 0.464. The van der Waals surface area contributed by atoms with Crippen molar-refractivity contribution >= 4 is 17.7 Å². The quantitative estimate of drug-likeness (QED) is 0.736. The molecule has 0 amide bonds. The lowest BCUT2D eigenvalue weighted by atomic mass is 10.2. The van der Waals surface area contributed by atoms with Gasteiger partial charge in [0.25, 0.3) is 0 Å². The van der Waals surface area contributed by atoms with Gasteiger partial charge in [0.2, 0.25) is 0 Å². The molecule has 3 nitrogen and oxygen atoms in total. The standard InChI is InChI=1S/C11H10O3S/c12-11(9-4-2-1-3-5-9)14-8-10-13-6-7-15-10/h1-7,10H,8H2. The zero-order valence-corrected chi connectivity index (χ0v) is 8.78. The van der Waals surface area contributed by atoms with Crippen molar-refractivity contribution in [2.24, 2.45) is 0 Å². The normalized spacial score (nSPS) is 18.5. The highest BCUT2D eigenvalue weighted by Crippen LogP contribution is 2.21. The molecule has 0 aromatic heterocycles. The number of thioether (sulfide) groups is 1. The van der Waals surface area contributed by atoms with Crippen LogP contribution in [0.5, 0.6) is 0 Å². The zero-order chi connectivity index (χ0) is 10.5. The highest BCUT2D eigenvalue weighted by atomic mass is 32.2. The number of esters is 1. The molecular formula is C11H10O3S. The van der Waals surface area contributed by atoms with E-state index in [4.69, 9.17) is 9.47 Å². The van der Waals surface area contributed by atoms with E-state index in [0.29, 0.717) is 5.56 Å². The Morgan fingerprint density at radius 3 is 2.87 bits per heavy atom. The number of ether oxygens (including phenoxy) is 2. The molecule has 0 radical (unpaired) electrons. The third-order valence-corrected chi connectivity index (χ3v) is 2.70. The minimum Gasteiger partial charge on any atom is -0.483 e. The molecule has 0 bridgehead atoms. The van der Waals surface area contributed by atoms with Crippen LogP contribution in [0.15, 0.2) is 42.0 Å². The molecule has 1 atom stereocenters. The van der Waals surface area contributed by atoms with E-state index in [0.717, 1.165) is 0 Å². The molecule has 0 N–H and O–H groups in total. The van der Waals surface area contributed by atoms with E-state index < -0.39 is 0 Å². The maximum atomic E-state index is 11.5. The zero-order valence-electron chi connectivity index (χ0n) is 7.96. The first-order valence-electron chi connectivity index (χ1n) is 4.54. The Morgan fingerprint density at radius 1 is 1.40 bits per heavy atom. The van der Waals surface area contributed by atoms with Crippen LogP contribution >= 0.6 is 11.8 Å². The summed E-state index contributed by atoms with van der Waals surface area (Å²) in [4.78, 5) is 11.5. The molecule has 1 aliphatic rings. The first-order chi connectivity index (χ1) is 7.36. The summed E-state index contributed by atoms with van der Waals surface area (Å²) in [5.74, 6) is -0.313. The summed E-state index contributed by atoms with van der Waals surface area (Å²) in [7, 11) is 0. The van der Waals surface area contributed by atoms with Crippen molar-refractivity contribution in [3.63, 3.8) is 0 Å². The van der Waals surface area contributed by atoms with Crippen LogP contribution in [-0.4, -0.2) is 18.0 Å². The van der Waals surface area contributed by atoms with E-state index in [-0.39, 0.29) is 18.0 Å². The molecule has 78 valence electrons. The van der Waals surface area contributed by atoms with Gasteiger partial charge in [0.15, 0.2) is 5.44 Å². The number of rotatable bonds is 3. The van der Waals surface area contributed by atoms with E-state index in [1.54, 1.807) is 30.5 Å². The summed E-state index contributed by atoms with van der Waals surface area (Å²) >= 11 is 1.50. The summed E-state index contributed by atoms with van der Waals surface area (Å²) < 4.78 is 10.2. The smallest absolute Gasteiger partial charge is 0.338 e. The molecule has 1 aromatic rings. The van der Waals surface area contributed by atoms with Crippen molar-refractivity contribution in [1.82, 2.24) is 0 Å². The Hall–Kier alpha value is -1.42. The number of hydrogen-bond donors (Lipinski definition) is 0. The van der Waals surface area contributed by atoms with E-state index in [1.807, 2.05) is 11.5 Å². The van der Waals surface area contributed by atoms with Crippen molar-refractivity contribution in [3.05, 3.63) is 47.6 Å². The second-order valence-corrected chi connectivity index (χ2v) is 4.01. The largest absolute Gasteiger partial charge is 0.483 e. The van der Waals surface area contributed by atoms with Crippen LogP contribution in [0.2, 0.25) is 0 Å². The lowest BCUT2D eigenvalue weighted by Gasteiger charge is -2.09. The monoisotopic (exact) mass is 222 g/mol. The van der Waals surface area contributed by atoms with Crippen LogP contribution in [0.25, 0.3) is 0 Å². The molecular weight excluding hydrogens is 212 g/mol. The van der Waals surface area contributed by atoms with E-state index in [9.17, 15) is 4.79 Å². The van der Waals surface area contributed by atoms with Gasteiger partial charge in [-0.15, -0.1) is 0 Å². The number of carbonyl (C=O) groups is 1. The minimum atomic E-state index is -0.313. The Morgan fingerprint density at radius 2 is 2.20 bits per heavy atom. The fraction of sp³-hybridized carbons (Fsp3) is 0.182. The van der Waals surface area contributed by atoms with Crippen molar-refractivity contribution in [2.75, 3.05) is 6.61 Å². The third kappa shape index (κ3) is 2.76. The van der Waals surface area contributed by atoms with Gasteiger partial charge in [-0.25, -0.2) is 4.79 Å². The molecule has 1 heterocycles. The van der Waals surface area contributed by atoms with Crippen molar-refractivity contribution in [3.8, 4) is 0 Å². The molecule has 1 aliphatic heterocycles. The molecule has 0 saturated heterocycles. The van der Waals surface area contributed by atoms with Crippen LogP contribution < -0.4 is 0 Å². The SMILES string of the molecule is O=C(OCC1OC=CS1)c1ccccc1. The highest BCUT2D eigenvalue weighted by molar-refractivity contribution is 8.02. The molecule has 1 aromatic carbocycles. The predicted molar refractivity (Wildman–Crippen MR) is 58.3 cm³/mol. The maximum Gasteiger partial charge on any atom is 0.338 e. The number of benzene rings is 1. The van der Waals surface area contributed by atoms with Gasteiger partial charge in [0, 0.05) is 5.41 Å². The summed E-state index contributed by atoms with van der Waals surface area (Å²) in [6.45, 7) is 0.269. The number of hydrogen-bond acceptors (Lipinski definition) is 4. The summed E-state index contributed by atoms with van der Waals surface area (Å²) in [6, 6.07) is 8.92. The van der Waals surface area contributed by atoms with Crippen LogP contribution in [0.1, 0.15) is 10.4 Å². The molecule has 15 heavy (non-hydrogen) atoms. The van der Waals surface area contributed by atoms with Gasteiger partial charge in [-0.05, 0) is 12.1 Å². The van der Waals surface area contributed by atoms with Gasteiger partial charge in [-0.1, -0.05) is 30.0 Å². The van der Waals surface area contributed by atoms with E-state index >= 15 is 0 Å². The number of carbonyl (C=O) groups excluding carboxylic acids is 1. The second kappa shape index (κ2) is 4.89. The molecule has 0 spiro atoms. The minimum absolute atomic E-state index is 0.0994. The van der Waals surface area contributed by atoms with Gasteiger partial charge in [0.1, 0.15) is 6.61 Å². The van der Waals surface area contributed by atoms with Crippen LogP contribution in [-0.2, 0) is 9.47 Å².